The van der Waals surface area contributed by atoms with Crippen LogP contribution in [0.2, 0.25) is 0 Å². The van der Waals surface area contributed by atoms with Gasteiger partial charge in [0.2, 0.25) is 5.79 Å². The van der Waals surface area contributed by atoms with E-state index in [2.05, 4.69) is 97.1 Å². The van der Waals surface area contributed by atoms with E-state index in [0.29, 0.717) is 0 Å². The molecule has 156 valence electrons. The van der Waals surface area contributed by atoms with Crippen LogP contribution >= 0.6 is 23.5 Å². The largest absolute Gasteiger partial charge is 0.346 e. The third-order valence-corrected chi connectivity index (χ3v) is 7.03. The van der Waals surface area contributed by atoms with Crippen molar-refractivity contribution in [2.24, 2.45) is 0 Å². The van der Waals surface area contributed by atoms with Crippen molar-refractivity contribution in [3.8, 4) is 0 Å². The average molecular weight is 445 g/mol. The number of benzene rings is 4. The zero-order valence-corrected chi connectivity index (χ0v) is 19.2. The van der Waals surface area contributed by atoms with Crippen LogP contribution in [0.3, 0.4) is 0 Å². The highest BCUT2D eigenvalue weighted by atomic mass is 32.2. The van der Waals surface area contributed by atoms with Crippen LogP contribution in [0.25, 0.3) is 0 Å². The van der Waals surface area contributed by atoms with Crippen LogP contribution in [0.1, 0.15) is 11.1 Å². The van der Waals surface area contributed by atoms with E-state index in [1.807, 2.05) is 12.1 Å². The average Bonchev–Trinajstić information content (AvgIpc) is 2.83. The SMILES string of the molecule is COC(OC)(c1ccc(Sc2ccccc2)cc1)c1ccc(Sc2ccccc2)cc1. The second-order valence-electron chi connectivity index (χ2n) is 6.90. The molecule has 4 aromatic rings. The van der Waals surface area contributed by atoms with Crippen molar-refractivity contribution in [3.05, 3.63) is 120 Å². The summed E-state index contributed by atoms with van der Waals surface area (Å²) in [6.45, 7) is 0. The van der Waals surface area contributed by atoms with Crippen molar-refractivity contribution in [1.82, 2.24) is 0 Å². The molecule has 0 amide bonds. The van der Waals surface area contributed by atoms with Crippen molar-refractivity contribution < 1.29 is 9.47 Å². The van der Waals surface area contributed by atoms with Crippen LogP contribution in [0, 0.1) is 0 Å². The Hall–Kier alpha value is -2.50. The lowest BCUT2D eigenvalue weighted by molar-refractivity contribution is -0.183. The maximum Gasteiger partial charge on any atom is 0.221 e. The number of hydrogen-bond acceptors (Lipinski definition) is 4. The van der Waals surface area contributed by atoms with Crippen molar-refractivity contribution in [2.75, 3.05) is 14.2 Å². The third kappa shape index (κ3) is 5.05. The number of methoxy groups -OCH3 is 2. The van der Waals surface area contributed by atoms with E-state index < -0.39 is 5.79 Å². The molecule has 0 aliphatic rings. The molecule has 2 nitrogen and oxygen atoms in total. The van der Waals surface area contributed by atoms with Crippen LogP contribution in [-0.2, 0) is 15.3 Å². The molecule has 0 aliphatic heterocycles. The highest BCUT2D eigenvalue weighted by Gasteiger charge is 2.34. The Morgan fingerprint density at radius 2 is 0.774 bits per heavy atom. The van der Waals surface area contributed by atoms with Gasteiger partial charge in [-0.1, -0.05) is 84.2 Å². The lowest BCUT2D eigenvalue weighted by Gasteiger charge is -2.32. The van der Waals surface area contributed by atoms with Gasteiger partial charge in [-0.15, -0.1) is 0 Å². The molecule has 31 heavy (non-hydrogen) atoms. The first-order chi connectivity index (χ1) is 15.2. The van der Waals surface area contributed by atoms with E-state index in [-0.39, 0.29) is 0 Å². The zero-order chi connectivity index (χ0) is 21.5. The molecule has 0 bridgehead atoms. The van der Waals surface area contributed by atoms with E-state index in [0.717, 1.165) is 11.1 Å². The maximum absolute atomic E-state index is 5.94. The summed E-state index contributed by atoms with van der Waals surface area (Å²) in [5, 5.41) is 0. The van der Waals surface area contributed by atoms with Gasteiger partial charge in [0.05, 0.1) is 0 Å². The Morgan fingerprint density at radius 3 is 1.10 bits per heavy atom. The van der Waals surface area contributed by atoms with Crippen LogP contribution in [-0.4, -0.2) is 14.2 Å². The molecule has 0 radical (unpaired) electrons. The quantitative estimate of drug-likeness (QED) is 0.262. The molecule has 0 heterocycles. The predicted molar refractivity (Wildman–Crippen MR) is 129 cm³/mol. The van der Waals surface area contributed by atoms with Crippen LogP contribution in [0.4, 0.5) is 0 Å². The van der Waals surface area contributed by atoms with Gasteiger partial charge in [-0.25, -0.2) is 0 Å². The summed E-state index contributed by atoms with van der Waals surface area (Å²) in [5.74, 6) is -0.952. The Balaban J connectivity index is 1.56. The first-order valence-corrected chi connectivity index (χ1v) is 11.6. The molecule has 0 fully saturated rings. The topological polar surface area (TPSA) is 18.5 Å². The first-order valence-electron chi connectivity index (χ1n) is 10.0. The fraction of sp³-hybridized carbons (Fsp3) is 0.111. The van der Waals surface area contributed by atoms with Gasteiger partial charge in [-0.2, -0.15) is 0 Å². The minimum atomic E-state index is -0.952. The van der Waals surface area contributed by atoms with E-state index >= 15 is 0 Å². The summed E-state index contributed by atoms with van der Waals surface area (Å²) in [4.78, 5) is 4.77. The van der Waals surface area contributed by atoms with Crippen LogP contribution in [0.5, 0.6) is 0 Å². The van der Waals surface area contributed by atoms with E-state index in [1.54, 1.807) is 37.7 Å². The van der Waals surface area contributed by atoms with E-state index in [1.165, 1.54) is 19.6 Å². The highest BCUT2D eigenvalue weighted by Crippen LogP contribution is 2.37. The van der Waals surface area contributed by atoms with Gasteiger partial charge in [-0.05, 0) is 48.5 Å². The maximum atomic E-state index is 5.94. The van der Waals surface area contributed by atoms with Crippen molar-refractivity contribution in [3.63, 3.8) is 0 Å². The number of rotatable bonds is 8. The molecule has 0 saturated heterocycles. The molecule has 0 aliphatic carbocycles. The molecule has 0 aromatic heterocycles. The Morgan fingerprint density at radius 1 is 0.452 bits per heavy atom. The zero-order valence-electron chi connectivity index (χ0n) is 17.5. The number of ether oxygens (including phenoxy) is 2. The third-order valence-electron chi connectivity index (χ3n) is 5.00. The van der Waals surface area contributed by atoms with E-state index in [4.69, 9.17) is 9.47 Å². The summed E-state index contributed by atoms with van der Waals surface area (Å²) < 4.78 is 11.9. The van der Waals surface area contributed by atoms with Gasteiger partial charge in [-0.3, -0.25) is 0 Å². The lowest BCUT2D eigenvalue weighted by atomic mass is 9.97. The fourth-order valence-electron chi connectivity index (χ4n) is 3.46. The molecule has 0 spiro atoms. The number of hydrogen-bond donors (Lipinski definition) is 0. The van der Waals surface area contributed by atoms with E-state index in [9.17, 15) is 0 Å². The molecule has 0 N–H and O–H groups in total. The fourth-order valence-corrected chi connectivity index (χ4v) is 5.13. The molecule has 4 heteroatoms. The minimum absolute atomic E-state index is 0.952. The van der Waals surface area contributed by atoms with Crippen molar-refractivity contribution in [1.29, 1.82) is 0 Å². The van der Waals surface area contributed by atoms with Gasteiger partial charge in [0, 0.05) is 44.9 Å². The monoisotopic (exact) mass is 444 g/mol. The van der Waals surface area contributed by atoms with Crippen molar-refractivity contribution in [2.45, 2.75) is 25.4 Å². The summed E-state index contributed by atoms with van der Waals surface area (Å²) in [7, 11) is 3.37. The molecular formula is C27H24O2S2. The Bertz CT molecular complexity index is 989. The smallest absolute Gasteiger partial charge is 0.221 e. The summed E-state index contributed by atoms with van der Waals surface area (Å²) >= 11 is 3.47. The molecule has 0 atom stereocenters. The summed E-state index contributed by atoms with van der Waals surface area (Å²) in [6.07, 6.45) is 0. The molecule has 4 rings (SSSR count). The van der Waals surface area contributed by atoms with Gasteiger partial charge in [0.1, 0.15) is 0 Å². The minimum Gasteiger partial charge on any atom is -0.346 e. The second kappa shape index (κ2) is 10.2. The van der Waals surface area contributed by atoms with Gasteiger partial charge >= 0.3 is 0 Å². The van der Waals surface area contributed by atoms with Crippen molar-refractivity contribution >= 4 is 23.5 Å². The highest BCUT2D eigenvalue weighted by molar-refractivity contribution is 7.99. The second-order valence-corrected chi connectivity index (χ2v) is 9.20. The standard InChI is InChI=1S/C27H24O2S2/c1-28-27(29-2,21-13-17-25(18-14-21)30-23-9-5-3-6-10-23)22-15-19-26(20-16-22)31-24-11-7-4-8-12-24/h3-20H,1-2H3. The first kappa shape index (κ1) is 21.7. The lowest BCUT2D eigenvalue weighted by Crippen LogP contribution is -2.32. The molecule has 0 unspecified atom stereocenters. The van der Waals surface area contributed by atoms with Gasteiger partial charge in [0.15, 0.2) is 0 Å². The Kier molecular flexibility index (Phi) is 7.15. The van der Waals surface area contributed by atoms with Gasteiger partial charge < -0.3 is 9.47 Å². The normalized spacial score (nSPS) is 11.4. The molecule has 0 saturated carbocycles. The summed E-state index contributed by atoms with van der Waals surface area (Å²) in [5.41, 5.74) is 1.91. The van der Waals surface area contributed by atoms with Crippen LogP contribution in [0.15, 0.2) is 129 Å². The molecule has 4 aromatic carbocycles. The van der Waals surface area contributed by atoms with Crippen LogP contribution < -0.4 is 0 Å². The van der Waals surface area contributed by atoms with Gasteiger partial charge in [0.25, 0.3) is 0 Å². The summed E-state index contributed by atoms with van der Waals surface area (Å²) in [6, 6.07) is 37.5. The predicted octanol–water partition coefficient (Wildman–Crippen LogP) is 7.48. The molecular weight excluding hydrogens is 420 g/mol. The Labute approximate surface area is 192 Å².